The highest BCUT2D eigenvalue weighted by atomic mass is 32.2. The Morgan fingerprint density at radius 1 is 1.30 bits per heavy atom. The van der Waals surface area contributed by atoms with Crippen LogP contribution in [0.15, 0.2) is 34.8 Å². The van der Waals surface area contributed by atoms with Crippen molar-refractivity contribution in [1.29, 1.82) is 0 Å². The molecule has 10 heteroatoms. The monoisotopic (exact) mass is 404 g/mol. The highest BCUT2D eigenvalue weighted by molar-refractivity contribution is 7.87. The normalized spacial score (nSPS) is 12.7. The standard InChI is InChI=1S/C17H20N6O2S2/c1-5-27(25)16-21-20-15(26-16)23-13(11-8-6-7-9-18-11)10-12(22-23)14(24)19-17(2,3)4/h6-10H,5H2,1-4H3,(H,19,24). The number of aromatic nitrogens is 5. The van der Waals surface area contributed by atoms with E-state index < -0.39 is 10.8 Å². The number of carbonyl (C=O) groups excluding carboxylic acids is 1. The predicted molar refractivity (Wildman–Crippen MR) is 104 cm³/mol. The van der Waals surface area contributed by atoms with E-state index in [0.29, 0.717) is 26.6 Å². The Hall–Kier alpha value is -2.46. The first-order chi connectivity index (χ1) is 12.8. The van der Waals surface area contributed by atoms with Gasteiger partial charge in [0.15, 0.2) is 5.69 Å². The van der Waals surface area contributed by atoms with Crippen LogP contribution < -0.4 is 5.32 Å². The van der Waals surface area contributed by atoms with E-state index in [1.807, 2.05) is 45.9 Å². The molecule has 3 aromatic heterocycles. The third kappa shape index (κ3) is 4.45. The lowest BCUT2D eigenvalue weighted by Crippen LogP contribution is -2.40. The van der Waals surface area contributed by atoms with Crippen LogP contribution in [0.2, 0.25) is 0 Å². The molecule has 0 saturated carbocycles. The number of amides is 1. The van der Waals surface area contributed by atoms with Gasteiger partial charge in [0.2, 0.25) is 9.47 Å². The molecule has 0 bridgehead atoms. The number of pyridine rings is 1. The average Bonchev–Trinajstić information content (AvgIpc) is 3.27. The molecule has 1 N–H and O–H groups in total. The number of carbonyl (C=O) groups is 1. The van der Waals surface area contributed by atoms with Gasteiger partial charge in [-0.1, -0.05) is 24.3 Å². The van der Waals surface area contributed by atoms with Crippen molar-refractivity contribution in [2.45, 2.75) is 37.6 Å². The van der Waals surface area contributed by atoms with Gasteiger partial charge in [0, 0.05) is 17.5 Å². The van der Waals surface area contributed by atoms with E-state index in [4.69, 9.17) is 0 Å². The highest BCUT2D eigenvalue weighted by Crippen LogP contribution is 2.25. The third-order valence-corrected chi connectivity index (χ3v) is 5.89. The Balaban J connectivity index is 2.07. The molecular weight excluding hydrogens is 384 g/mol. The van der Waals surface area contributed by atoms with Crippen molar-refractivity contribution in [2.24, 2.45) is 0 Å². The first kappa shape index (κ1) is 19.3. The maximum absolute atomic E-state index is 12.6. The van der Waals surface area contributed by atoms with Crippen LogP contribution in [-0.4, -0.2) is 46.4 Å². The van der Waals surface area contributed by atoms with Crippen LogP contribution in [0.3, 0.4) is 0 Å². The SMILES string of the molecule is CCS(=O)c1nnc(-n2nc(C(=O)NC(C)(C)C)cc2-c2ccccn2)s1. The van der Waals surface area contributed by atoms with Gasteiger partial charge >= 0.3 is 0 Å². The van der Waals surface area contributed by atoms with E-state index in [1.54, 1.807) is 12.3 Å². The number of hydrogen-bond donors (Lipinski definition) is 1. The Kier molecular flexibility index (Phi) is 5.47. The van der Waals surface area contributed by atoms with Gasteiger partial charge < -0.3 is 5.32 Å². The first-order valence-electron chi connectivity index (χ1n) is 8.34. The summed E-state index contributed by atoms with van der Waals surface area (Å²) < 4.78 is 13.9. The summed E-state index contributed by atoms with van der Waals surface area (Å²) in [5, 5.41) is 15.8. The van der Waals surface area contributed by atoms with E-state index in [9.17, 15) is 9.00 Å². The molecule has 8 nitrogen and oxygen atoms in total. The molecule has 3 aromatic rings. The Morgan fingerprint density at radius 2 is 2.07 bits per heavy atom. The lowest BCUT2D eigenvalue weighted by Gasteiger charge is -2.19. The molecule has 1 amide bonds. The van der Waals surface area contributed by atoms with E-state index in [1.165, 1.54) is 16.0 Å². The Morgan fingerprint density at radius 3 is 2.70 bits per heavy atom. The second-order valence-corrected chi connectivity index (χ2v) is 9.60. The molecule has 3 rings (SSSR count). The summed E-state index contributed by atoms with van der Waals surface area (Å²) in [5.41, 5.74) is 1.12. The molecular formula is C17H20N6O2S2. The van der Waals surface area contributed by atoms with Crippen molar-refractivity contribution in [3.05, 3.63) is 36.2 Å². The van der Waals surface area contributed by atoms with Crippen LogP contribution in [-0.2, 0) is 10.8 Å². The highest BCUT2D eigenvalue weighted by Gasteiger charge is 2.23. The summed E-state index contributed by atoms with van der Waals surface area (Å²) in [6.45, 7) is 7.52. The molecule has 142 valence electrons. The Bertz CT molecular complexity index is 975. The zero-order chi connectivity index (χ0) is 19.6. The molecule has 0 aliphatic heterocycles. The Labute approximate surface area is 163 Å². The molecule has 27 heavy (non-hydrogen) atoms. The van der Waals surface area contributed by atoms with Crippen molar-refractivity contribution >= 4 is 28.0 Å². The van der Waals surface area contributed by atoms with Crippen LogP contribution >= 0.6 is 11.3 Å². The van der Waals surface area contributed by atoms with Gasteiger partial charge in [0.1, 0.15) is 0 Å². The molecule has 0 saturated heterocycles. The number of nitrogens with one attached hydrogen (secondary N) is 1. The molecule has 0 aliphatic rings. The molecule has 0 spiro atoms. The zero-order valence-corrected chi connectivity index (χ0v) is 17.1. The van der Waals surface area contributed by atoms with E-state index >= 15 is 0 Å². The van der Waals surface area contributed by atoms with Crippen molar-refractivity contribution < 1.29 is 9.00 Å². The summed E-state index contributed by atoms with van der Waals surface area (Å²) in [4.78, 5) is 16.9. The topological polar surface area (TPSA) is 103 Å². The minimum Gasteiger partial charge on any atom is -0.346 e. The van der Waals surface area contributed by atoms with Gasteiger partial charge in [0.25, 0.3) is 5.91 Å². The van der Waals surface area contributed by atoms with Gasteiger partial charge in [0.05, 0.1) is 22.2 Å². The van der Waals surface area contributed by atoms with Gasteiger partial charge in [-0.05, 0) is 39.0 Å². The van der Waals surface area contributed by atoms with Gasteiger partial charge in [-0.25, -0.2) is 4.68 Å². The van der Waals surface area contributed by atoms with Crippen molar-refractivity contribution in [2.75, 3.05) is 5.75 Å². The molecule has 0 fully saturated rings. The van der Waals surface area contributed by atoms with Crippen LogP contribution in [0.4, 0.5) is 0 Å². The van der Waals surface area contributed by atoms with Crippen molar-refractivity contribution in [1.82, 2.24) is 30.3 Å². The van der Waals surface area contributed by atoms with Gasteiger partial charge in [-0.2, -0.15) is 5.10 Å². The quantitative estimate of drug-likeness (QED) is 0.701. The second kappa shape index (κ2) is 7.65. The maximum atomic E-state index is 12.6. The predicted octanol–water partition coefficient (Wildman–Crippen LogP) is 2.44. The van der Waals surface area contributed by atoms with Crippen LogP contribution in [0.5, 0.6) is 0 Å². The van der Waals surface area contributed by atoms with Crippen molar-refractivity contribution in [3.8, 4) is 16.5 Å². The smallest absolute Gasteiger partial charge is 0.272 e. The third-order valence-electron chi connectivity index (χ3n) is 3.39. The van der Waals surface area contributed by atoms with Gasteiger partial charge in [-0.3, -0.25) is 14.0 Å². The lowest BCUT2D eigenvalue weighted by molar-refractivity contribution is 0.0914. The lowest BCUT2D eigenvalue weighted by atomic mass is 10.1. The molecule has 0 radical (unpaired) electrons. The van der Waals surface area contributed by atoms with E-state index in [2.05, 4.69) is 25.6 Å². The fourth-order valence-electron chi connectivity index (χ4n) is 2.24. The summed E-state index contributed by atoms with van der Waals surface area (Å²) in [6, 6.07) is 7.16. The summed E-state index contributed by atoms with van der Waals surface area (Å²) in [6.07, 6.45) is 1.67. The molecule has 1 atom stereocenters. The fraction of sp³-hybridized carbons (Fsp3) is 0.353. The van der Waals surface area contributed by atoms with Crippen LogP contribution in [0, 0.1) is 0 Å². The van der Waals surface area contributed by atoms with Gasteiger partial charge in [-0.15, -0.1) is 10.2 Å². The number of rotatable bonds is 5. The molecule has 0 aromatic carbocycles. The summed E-state index contributed by atoms with van der Waals surface area (Å²) >= 11 is 1.18. The average molecular weight is 405 g/mol. The van der Waals surface area contributed by atoms with Crippen LogP contribution in [0.25, 0.3) is 16.5 Å². The minimum absolute atomic E-state index is 0.249. The minimum atomic E-state index is -1.20. The fourth-order valence-corrected chi connectivity index (χ4v) is 4.12. The van der Waals surface area contributed by atoms with E-state index in [0.717, 1.165) is 0 Å². The summed E-state index contributed by atoms with van der Waals surface area (Å²) in [5.74, 6) is 0.167. The molecule has 1 unspecified atom stereocenters. The first-order valence-corrected chi connectivity index (χ1v) is 10.5. The molecule has 3 heterocycles. The number of nitrogens with zero attached hydrogens (tertiary/aromatic N) is 5. The largest absolute Gasteiger partial charge is 0.346 e. The number of hydrogen-bond acceptors (Lipinski definition) is 7. The zero-order valence-electron chi connectivity index (χ0n) is 15.5. The van der Waals surface area contributed by atoms with Crippen molar-refractivity contribution in [3.63, 3.8) is 0 Å². The van der Waals surface area contributed by atoms with Crippen LogP contribution in [0.1, 0.15) is 38.2 Å². The van der Waals surface area contributed by atoms with E-state index in [-0.39, 0.29) is 17.1 Å². The maximum Gasteiger partial charge on any atom is 0.272 e. The second-order valence-electron chi connectivity index (χ2n) is 6.73. The summed E-state index contributed by atoms with van der Waals surface area (Å²) in [7, 11) is -1.20. The molecule has 0 aliphatic carbocycles.